The van der Waals surface area contributed by atoms with Gasteiger partial charge in [0.25, 0.3) is 0 Å². The SMILES string of the molecule is CCOC(=O)c1nc(-n2nc(C)c3nc4ccccc4nc32)sc1C(=O)OCC. The number of hydrogen-bond donors (Lipinski definition) is 0. The number of fused-ring (bicyclic) bond motifs is 2. The Hall–Kier alpha value is -3.40. The third-order valence-electron chi connectivity index (χ3n) is 4.07. The minimum atomic E-state index is -0.692. The van der Waals surface area contributed by atoms with Crippen LogP contribution in [0, 0.1) is 6.92 Å². The van der Waals surface area contributed by atoms with E-state index in [0.717, 1.165) is 16.9 Å². The maximum absolute atomic E-state index is 12.3. The predicted octanol–water partition coefficient (Wildman–Crippen LogP) is 3.09. The first kappa shape index (κ1) is 18.9. The molecule has 0 amide bonds. The summed E-state index contributed by atoms with van der Waals surface area (Å²) in [4.78, 5) is 38.3. The Balaban J connectivity index is 1.91. The summed E-state index contributed by atoms with van der Waals surface area (Å²) < 4.78 is 11.6. The van der Waals surface area contributed by atoms with E-state index in [0.29, 0.717) is 27.5 Å². The number of carbonyl (C=O) groups is 2. The quantitative estimate of drug-likeness (QED) is 0.461. The average Bonchev–Trinajstić information content (AvgIpc) is 3.29. The van der Waals surface area contributed by atoms with Crippen molar-refractivity contribution in [3.8, 4) is 5.13 Å². The Labute approximate surface area is 169 Å². The van der Waals surface area contributed by atoms with E-state index in [1.54, 1.807) is 13.8 Å². The van der Waals surface area contributed by atoms with Crippen LogP contribution in [0.25, 0.3) is 27.3 Å². The van der Waals surface area contributed by atoms with Gasteiger partial charge in [-0.25, -0.2) is 24.5 Å². The molecule has 9 nitrogen and oxygen atoms in total. The summed E-state index contributed by atoms with van der Waals surface area (Å²) in [5.74, 6) is -1.33. The van der Waals surface area contributed by atoms with Crippen molar-refractivity contribution in [1.82, 2.24) is 24.7 Å². The van der Waals surface area contributed by atoms with Gasteiger partial charge < -0.3 is 9.47 Å². The summed E-state index contributed by atoms with van der Waals surface area (Å²) in [6.07, 6.45) is 0. The number of benzene rings is 1. The van der Waals surface area contributed by atoms with Crippen LogP contribution in [0.3, 0.4) is 0 Å². The molecule has 0 fully saturated rings. The van der Waals surface area contributed by atoms with Gasteiger partial charge in [-0.1, -0.05) is 23.5 Å². The van der Waals surface area contributed by atoms with Crippen molar-refractivity contribution in [2.75, 3.05) is 13.2 Å². The summed E-state index contributed by atoms with van der Waals surface area (Å²) >= 11 is 0.995. The highest BCUT2D eigenvalue weighted by Gasteiger charge is 2.27. The van der Waals surface area contributed by atoms with Crippen molar-refractivity contribution in [2.45, 2.75) is 20.8 Å². The summed E-state index contributed by atoms with van der Waals surface area (Å²) in [5, 5.41) is 4.79. The molecular formula is C19H17N5O4S. The van der Waals surface area contributed by atoms with Gasteiger partial charge in [0.05, 0.1) is 29.9 Å². The van der Waals surface area contributed by atoms with Gasteiger partial charge >= 0.3 is 11.9 Å². The highest BCUT2D eigenvalue weighted by Crippen LogP contribution is 2.27. The van der Waals surface area contributed by atoms with Gasteiger partial charge in [-0.2, -0.15) is 9.78 Å². The van der Waals surface area contributed by atoms with Crippen LogP contribution >= 0.6 is 11.3 Å². The molecule has 0 saturated heterocycles. The second-order valence-corrected chi connectivity index (χ2v) is 6.97. The molecule has 10 heteroatoms. The number of para-hydroxylation sites is 2. The van der Waals surface area contributed by atoms with E-state index in [1.165, 1.54) is 4.68 Å². The first-order valence-electron chi connectivity index (χ1n) is 9.01. The fourth-order valence-electron chi connectivity index (χ4n) is 2.83. The Morgan fingerprint density at radius 3 is 2.34 bits per heavy atom. The second-order valence-electron chi connectivity index (χ2n) is 6.00. The van der Waals surface area contributed by atoms with Crippen LogP contribution < -0.4 is 0 Å². The maximum atomic E-state index is 12.3. The maximum Gasteiger partial charge on any atom is 0.358 e. The lowest BCUT2D eigenvalue weighted by atomic mass is 10.3. The fourth-order valence-corrected chi connectivity index (χ4v) is 3.73. The summed E-state index contributed by atoms with van der Waals surface area (Å²) in [6, 6.07) is 7.49. The molecule has 29 heavy (non-hydrogen) atoms. The van der Waals surface area contributed by atoms with Crippen molar-refractivity contribution >= 4 is 45.5 Å². The number of hydrogen-bond acceptors (Lipinski definition) is 9. The monoisotopic (exact) mass is 411 g/mol. The largest absolute Gasteiger partial charge is 0.462 e. The van der Waals surface area contributed by atoms with Crippen LogP contribution in [0.2, 0.25) is 0 Å². The molecular weight excluding hydrogens is 394 g/mol. The number of ether oxygens (including phenoxy) is 2. The Morgan fingerprint density at radius 1 is 1.00 bits per heavy atom. The van der Waals surface area contributed by atoms with Gasteiger partial charge in [0.2, 0.25) is 5.13 Å². The lowest BCUT2D eigenvalue weighted by Crippen LogP contribution is -2.12. The van der Waals surface area contributed by atoms with E-state index in [1.807, 2.05) is 31.2 Å². The molecule has 0 aliphatic carbocycles. The zero-order valence-corrected chi connectivity index (χ0v) is 16.8. The van der Waals surface area contributed by atoms with E-state index in [2.05, 4.69) is 20.1 Å². The summed E-state index contributed by atoms with van der Waals surface area (Å²) in [6.45, 7) is 5.52. The first-order valence-corrected chi connectivity index (χ1v) is 9.82. The lowest BCUT2D eigenvalue weighted by Gasteiger charge is -2.01. The molecule has 0 bridgehead atoms. The number of nitrogens with zero attached hydrogens (tertiary/aromatic N) is 5. The standard InChI is InChI=1S/C19H17N5O4S/c1-4-27-17(25)14-15(18(26)28-5-2)29-19(22-14)24-16-13(10(3)23-24)20-11-8-6-7-9-12(11)21-16/h6-9H,4-5H2,1-3H3. The predicted molar refractivity (Wildman–Crippen MR) is 106 cm³/mol. The Kier molecular flexibility index (Phi) is 4.93. The highest BCUT2D eigenvalue weighted by molar-refractivity contribution is 7.16. The number of aromatic nitrogens is 5. The van der Waals surface area contributed by atoms with E-state index >= 15 is 0 Å². The fraction of sp³-hybridized carbons (Fsp3) is 0.263. The van der Waals surface area contributed by atoms with Crippen LogP contribution in [0.5, 0.6) is 0 Å². The molecule has 0 aliphatic heterocycles. The lowest BCUT2D eigenvalue weighted by molar-refractivity contribution is 0.0479. The van der Waals surface area contributed by atoms with E-state index in [4.69, 9.17) is 9.47 Å². The molecule has 0 aliphatic rings. The molecule has 4 aromatic rings. The molecule has 0 N–H and O–H groups in total. The van der Waals surface area contributed by atoms with Crippen molar-refractivity contribution < 1.29 is 19.1 Å². The zero-order valence-electron chi connectivity index (χ0n) is 16.0. The van der Waals surface area contributed by atoms with Gasteiger partial charge in [0.1, 0.15) is 10.4 Å². The average molecular weight is 411 g/mol. The van der Waals surface area contributed by atoms with Crippen molar-refractivity contribution in [2.24, 2.45) is 0 Å². The highest BCUT2D eigenvalue weighted by atomic mass is 32.1. The van der Waals surface area contributed by atoms with Crippen LogP contribution in [0.1, 0.15) is 39.7 Å². The molecule has 0 radical (unpaired) electrons. The molecule has 1 aromatic carbocycles. The topological polar surface area (TPSA) is 109 Å². The van der Waals surface area contributed by atoms with Gasteiger partial charge in [-0.3, -0.25) is 0 Å². The smallest absolute Gasteiger partial charge is 0.358 e. The molecule has 0 spiro atoms. The second kappa shape index (κ2) is 7.55. The molecule has 148 valence electrons. The van der Waals surface area contributed by atoms with Gasteiger partial charge in [-0.05, 0) is 32.9 Å². The number of aryl methyl sites for hydroxylation is 1. The molecule has 0 saturated carbocycles. The van der Waals surface area contributed by atoms with Crippen molar-refractivity contribution in [1.29, 1.82) is 0 Å². The third-order valence-corrected chi connectivity index (χ3v) is 5.08. The van der Waals surface area contributed by atoms with E-state index < -0.39 is 11.9 Å². The van der Waals surface area contributed by atoms with Crippen molar-refractivity contribution in [3.63, 3.8) is 0 Å². The minimum Gasteiger partial charge on any atom is -0.462 e. The van der Waals surface area contributed by atoms with Gasteiger partial charge in [-0.15, -0.1) is 0 Å². The molecule has 0 unspecified atom stereocenters. The number of esters is 2. The molecule has 3 heterocycles. The van der Waals surface area contributed by atoms with Crippen LogP contribution in [0.15, 0.2) is 24.3 Å². The number of rotatable bonds is 5. The summed E-state index contributed by atoms with van der Waals surface area (Å²) in [7, 11) is 0. The van der Waals surface area contributed by atoms with Gasteiger partial charge in [0.15, 0.2) is 11.3 Å². The van der Waals surface area contributed by atoms with E-state index in [9.17, 15) is 9.59 Å². The minimum absolute atomic E-state index is 0.0651. The van der Waals surface area contributed by atoms with Gasteiger partial charge in [0, 0.05) is 0 Å². The summed E-state index contributed by atoms with van der Waals surface area (Å²) in [5.41, 5.74) is 3.12. The van der Waals surface area contributed by atoms with Crippen LogP contribution in [-0.2, 0) is 9.47 Å². The van der Waals surface area contributed by atoms with Crippen LogP contribution in [-0.4, -0.2) is 49.9 Å². The Bertz CT molecular complexity index is 1210. The third kappa shape index (κ3) is 3.31. The number of thiazole rings is 1. The zero-order chi connectivity index (χ0) is 20.5. The Morgan fingerprint density at radius 2 is 1.66 bits per heavy atom. The number of carbonyl (C=O) groups excluding carboxylic acids is 2. The van der Waals surface area contributed by atoms with Crippen molar-refractivity contribution in [3.05, 3.63) is 40.5 Å². The van der Waals surface area contributed by atoms with E-state index in [-0.39, 0.29) is 23.8 Å². The molecule has 3 aromatic heterocycles. The molecule has 4 rings (SSSR count). The van der Waals surface area contributed by atoms with Crippen LogP contribution in [0.4, 0.5) is 0 Å². The first-order chi connectivity index (χ1) is 14.0. The molecule has 0 atom stereocenters. The normalized spacial score (nSPS) is 11.1.